The molecule has 0 aliphatic rings. The van der Waals surface area contributed by atoms with Gasteiger partial charge in [-0.05, 0) is 41.7 Å². The normalized spacial score (nSPS) is 11.6. The zero-order valence-electron chi connectivity index (χ0n) is 16.1. The van der Waals surface area contributed by atoms with E-state index in [2.05, 4.69) is 25.2 Å². The number of carbonyl (C=O) groups excluding carboxylic acids is 1. The molecule has 140 valence electrons. The molecule has 0 aliphatic heterocycles. The van der Waals surface area contributed by atoms with Gasteiger partial charge >= 0.3 is 0 Å². The van der Waals surface area contributed by atoms with E-state index in [4.69, 9.17) is 14.2 Å². The van der Waals surface area contributed by atoms with E-state index in [0.717, 1.165) is 23.2 Å². The second-order valence-corrected chi connectivity index (χ2v) is 6.16. The molecule has 0 saturated carbocycles. The number of para-hydroxylation sites is 1. The number of nitrogens with one attached hydrogen (secondary N) is 1. The SMILES string of the molecule is CC[C@H](C)c1ccccc1NC(=O)Cc1cc(OC)c(OC)c(OC)c1. The van der Waals surface area contributed by atoms with Crippen molar-refractivity contribution in [3.8, 4) is 17.2 Å². The van der Waals surface area contributed by atoms with E-state index in [1.54, 1.807) is 33.5 Å². The van der Waals surface area contributed by atoms with Crippen molar-refractivity contribution in [2.24, 2.45) is 0 Å². The summed E-state index contributed by atoms with van der Waals surface area (Å²) in [5, 5.41) is 3.03. The highest BCUT2D eigenvalue weighted by Gasteiger charge is 2.16. The predicted molar refractivity (Wildman–Crippen MR) is 104 cm³/mol. The number of rotatable bonds is 8. The minimum atomic E-state index is -0.0879. The molecule has 0 aliphatic carbocycles. The van der Waals surface area contributed by atoms with Gasteiger partial charge in [-0.1, -0.05) is 32.0 Å². The standard InChI is InChI=1S/C21H27NO4/c1-6-14(2)16-9-7-8-10-17(16)22-20(23)13-15-11-18(24-3)21(26-5)19(12-15)25-4/h7-12,14H,6,13H2,1-5H3,(H,22,23)/t14-/m0/s1. The van der Waals surface area contributed by atoms with Gasteiger partial charge < -0.3 is 19.5 Å². The fraction of sp³-hybridized carbons (Fsp3) is 0.381. The van der Waals surface area contributed by atoms with Crippen LogP contribution >= 0.6 is 0 Å². The third kappa shape index (κ3) is 4.48. The number of benzene rings is 2. The molecule has 2 aromatic carbocycles. The van der Waals surface area contributed by atoms with E-state index in [1.165, 1.54) is 0 Å². The van der Waals surface area contributed by atoms with E-state index in [0.29, 0.717) is 23.2 Å². The van der Waals surface area contributed by atoms with E-state index in [1.807, 2.05) is 18.2 Å². The highest BCUT2D eigenvalue weighted by Crippen LogP contribution is 2.38. The highest BCUT2D eigenvalue weighted by molar-refractivity contribution is 5.93. The lowest BCUT2D eigenvalue weighted by molar-refractivity contribution is -0.115. The Kier molecular flexibility index (Phi) is 6.89. The number of hydrogen-bond acceptors (Lipinski definition) is 4. The first-order valence-corrected chi connectivity index (χ1v) is 8.71. The summed E-state index contributed by atoms with van der Waals surface area (Å²) in [7, 11) is 4.67. The third-order valence-electron chi connectivity index (χ3n) is 4.47. The van der Waals surface area contributed by atoms with Crippen LogP contribution in [0.15, 0.2) is 36.4 Å². The molecule has 0 radical (unpaired) electrons. The molecule has 5 heteroatoms. The van der Waals surface area contributed by atoms with Crippen LogP contribution in [0.2, 0.25) is 0 Å². The van der Waals surface area contributed by atoms with Crippen molar-refractivity contribution in [1.82, 2.24) is 0 Å². The minimum absolute atomic E-state index is 0.0879. The molecule has 0 spiro atoms. The Balaban J connectivity index is 2.21. The quantitative estimate of drug-likeness (QED) is 0.760. The molecule has 26 heavy (non-hydrogen) atoms. The van der Waals surface area contributed by atoms with Crippen molar-refractivity contribution >= 4 is 11.6 Å². The monoisotopic (exact) mass is 357 g/mol. The summed E-state index contributed by atoms with van der Waals surface area (Å²) in [5.41, 5.74) is 2.80. The zero-order chi connectivity index (χ0) is 19.1. The van der Waals surface area contributed by atoms with E-state index >= 15 is 0 Å². The number of carbonyl (C=O) groups is 1. The topological polar surface area (TPSA) is 56.8 Å². The van der Waals surface area contributed by atoms with Crippen molar-refractivity contribution in [1.29, 1.82) is 0 Å². The fourth-order valence-corrected chi connectivity index (χ4v) is 2.88. The van der Waals surface area contributed by atoms with Gasteiger partial charge in [0.25, 0.3) is 0 Å². The Labute approximate surface area is 155 Å². The number of anilines is 1. The Morgan fingerprint density at radius 3 is 2.19 bits per heavy atom. The predicted octanol–water partition coefficient (Wildman–Crippen LogP) is 4.41. The van der Waals surface area contributed by atoms with Crippen LogP contribution in [0.3, 0.4) is 0 Å². The number of methoxy groups -OCH3 is 3. The summed E-state index contributed by atoms with van der Waals surface area (Å²) < 4.78 is 16.0. The average molecular weight is 357 g/mol. The van der Waals surface area contributed by atoms with Crippen molar-refractivity contribution in [3.63, 3.8) is 0 Å². The molecule has 5 nitrogen and oxygen atoms in total. The molecule has 0 heterocycles. The molecule has 0 fully saturated rings. The second kappa shape index (κ2) is 9.13. The molecular formula is C21H27NO4. The Hall–Kier alpha value is -2.69. The molecule has 2 aromatic rings. The summed E-state index contributed by atoms with van der Waals surface area (Å²) in [6, 6.07) is 11.5. The van der Waals surface area contributed by atoms with Gasteiger partial charge in [0, 0.05) is 5.69 Å². The molecule has 1 atom stereocenters. The summed E-state index contributed by atoms with van der Waals surface area (Å²) in [6.07, 6.45) is 1.23. The molecule has 0 unspecified atom stereocenters. The lowest BCUT2D eigenvalue weighted by Crippen LogP contribution is -2.16. The average Bonchev–Trinajstić information content (AvgIpc) is 2.66. The smallest absolute Gasteiger partial charge is 0.228 e. The van der Waals surface area contributed by atoms with Crippen molar-refractivity contribution in [3.05, 3.63) is 47.5 Å². The maximum absolute atomic E-state index is 12.6. The molecule has 0 aromatic heterocycles. The Bertz CT molecular complexity index is 732. The van der Waals surface area contributed by atoms with Crippen LogP contribution in [-0.2, 0) is 11.2 Å². The van der Waals surface area contributed by atoms with Gasteiger partial charge in [-0.2, -0.15) is 0 Å². The van der Waals surface area contributed by atoms with Crippen LogP contribution in [0.5, 0.6) is 17.2 Å². The van der Waals surface area contributed by atoms with Gasteiger partial charge in [-0.15, -0.1) is 0 Å². The van der Waals surface area contributed by atoms with Crippen LogP contribution in [0.1, 0.15) is 37.3 Å². The van der Waals surface area contributed by atoms with Crippen molar-refractivity contribution < 1.29 is 19.0 Å². The highest BCUT2D eigenvalue weighted by atomic mass is 16.5. The summed E-state index contributed by atoms with van der Waals surface area (Å²) >= 11 is 0. The maximum Gasteiger partial charge on any atom is 0.228 e. The molecule has 1 amide bonds. The van der Waals surface area contributed by atoms with Crippen LogP contribution < -0.4 is 19.5 Å². The van der Waals surface area contributed by atoms with Gasteiger partial charge in [0.15, 0.2) is 11.5 Å². The lowest BCUT2D eigenvalue weighted by atomic mass is 9.97. The molecular weight excluding hydrogens is 330 g/mol. The molecule has 0 saturated heterocycles. The van der Waals surface area contributed by atoms with Gasteiger partial charge in [-0.3, -0.25) is 4.79 Å². The maximum atomic E-state index is 12.6. The van der Waals surface area contributed by atoms with Crippen molar-refractivity contribution in [2.45, 2.75) is 32.6 Å². The Morgan fingerprint density at radius 2 is 1.65 bits per heavy atom. The number of amides is 1. The first-order valence-electron chi connectivity index (χ1n) is 8.71. The van der Waals surface area contributed by atoms with Gasteiger partial charge in [0.2, 0.25) is 11.7 Å². The van der Waals surface area contributed by atoms with Crippen molar-refractivity contribution in [2.75, 3.05) is 26.6 Å². The number of hydrogen-bond donors (Lipinski definition) is 1. The van der Waals surface area contributed by atoms with E-state index in [-0.39, 0.29) is 12.3 Å². The number of ether oxygens (including phenoxy) is 3. The first-order chi connectivity index (χ1) is 12.5. The Morgan fingerprint density at radius 1 is 1.04 bits per heavy atom. The fourth-order valence-electron chi connectivity index (χ4n) is 2.88. The lowest BCUT2D eigenvalue weighted by Gasteiger charge is -2.16. The van der Waals surface area contributed by atoms with Gasteiger partial charge in [0.1, 0.15) is 0 Å². The van der Waals surface area contributed by atoms with Crippen LogP contribution in [0.25, 0.3) is 0 Å². The van der Waals surface area contributed by atoms with Gasteiger partial charge in [-0.25, -0.2) is 0 Å². The third-order valence-corrected chi connectivity index (χ3v) is 4.47. The molecule has 0 bridgehead atoms. The second-order valence-electron chi connectivity index (χ2n) is 6.16. The van der Waals surface area contributed by atoms with Crippen LogP contribution in [-0.4, -0.2) is 27.2 Å². The van der Waals surface area contributed by atoms with E-state index < -0.39 is 0 Å². The van der Waals surface area contributed by atoms with Gasteiger partial charge in [0.05, 0.1) is 27.8 Å². The summed E-state index contributed by atoms with van der Waals surface area (Å²) in [6.45, 7) is 4.30. The summed E-state index contributed by atoms with van der Waals surface area (Å²) in [5.74, 6) is 1.88. The zero-order valence-corrected chi connectivity index (χ0v) is 16.1. The molecule has 2 rings (SSSR count). The van der Waals surface area contributed by atoms with E-state index in [9.17, 15) is 4.79 Å². The first kappa shape index (κ1) is 19.6. The minimum Gasteiger partial charge on any atom is -0.493 e. The van der Waals surface area contributed by atoms with Crippen LogP contribution in [0, 0.1) is 0 Å². The largest absolute Gasteiger partial charge is 0.493 e. The summed E-state index contributed by atoms with van der Waals surface area (Å²) in [4.78, 5) is 12.6. The van der Waals surface area contributed by atoms with Crippen LogP contribution in [0.4, 0.5) is 5.69 Å². The molecule has 1 N–H and O–H groups in total.